The van der Waals surface area contributed by atoms with E-state index in [1.165, 1.54) is 0 Å². The van der Waals surface area contributed by atoms with Crippen molar-refractivity contribution >= 4 is 15.9 Å². The number of aromatic hydroxyl groups is 1. The maximum atomic E-state index is 9.43. The molecular weight excluding hydrogens is 282 g/mol. The zero-order chi connectivity index (χ0) is 12.5. The molecule has 1 aliphatic heterocycles. The molecule has 1 aromatic carbocycles. The highest BCUT2D eigenvalue weighted by Crippen LogP contribution is 2.27. The Balaban J connectivity index is 2.00. The number of rotatable bonds is 3. The molecule has 0 saturated carbocycles. The average Bonchev–Trinajstić information content (AvgIpc) is 2.62. The van der Waals surface area contributed by atoms with Crippen molar-refractivity contribution in [2.24, 2.45) is 0 Å². The molecule has 2 atom stereocenters. The van der Waals surface area contributed by atoms with Crippen molar-refractivity contribution in [3.8, 4) is 5.75 Å². The van der Waals surface area contributed by atoms with Crippen LogP contribution in [0.1, 0.15) is 25.8 Å². The number of hydrogen-bond donors (Lipinski definition) is 2. The fraction of sp³-hybridized carbons (Fsp3) is 0.538. The zero-order valence-electron chi connectivity index (χ0n) is 10.2. The number of ether oxygens (including phenoxy) is 1. The van der Waals surface area contributed by atoms with Crippen LogP contribution in [0.4, 0.5) is 0 Å². The molecule has 0 aromatic heterocycles. The number of phenolic OH excluding ortho intramolecular Hbond substituents is 1. The third-order valence-electron chi connectivity index (χ3n) is 3.59. The summed E-state index contributed by atoms with van der Waals surface area (Å²) >= 11 is 3.32. The van der Waals surface area contributed by atoms with Crippen molar-refractivity contribution in [1.82, 2.24) is 5.32 Å². The SMILES string of the molecule is CC1OCCC1(C)NCc1ccc(O)c(Br)c1. The van der Waals surface area contributed by atoms with E-state index in [0.717, 1.165) is 29.6 Å². The topological polar surface area (TPSA) is 41.5 Å². The van der Waals surface area contributed by atoms with Crippen LogP contribution in [-0.2, 0) is 11.3 Å². The summed E-state index contributed by atoms with van der Waals surface area (Å²) in [6.07, 6.45) is 1.27. The van der Waals surface area contributed by atoms with Crippen molar-refractivity contribution in [2.45, 2.75) is 38.5 Å². The fourth-order valence-corrected chi connectivity index (χ4v) is 2.46. The van der Waals surface area contributed by atoms with Gasteiger partial charge in [0.25, 0.3) is 0 Å². The predicted molar refractivity (Wildman–Crippen MR) is 71.1 cm³/mol. The molecule has 2 unspecified atom stereocenters. The molecular formula is C13H18BrNO2. The minimum atomic E-state index is 0.0460. The first-order chi connectivity index (χ1) is 8.01. The van der Waals surface area contributed by atoms with Crippen LogP contribution in [-0.4, -0.2) is 23.4 Å². The van der Waals surface area contributed by atoms with Crippen molar-refractivity contribution in [3.05, 3.63) is 28.2 Å². The molecule has 1 heterocycles. The van der Waals surface area contributed by atoms with E-state index >= 15 is 0 Å². The molecule has 1 aromatic rings. The second-order valence-corrected chi connectivity index (χ2v) is 5.67. The molecule has 1 aliphatic rings. The van der Waals surface area contributed by atoms with Crippen LogP contribution in [0.15, 0.2) is 22.7 Å². The molecule has 2 N–H and O–H groups in total. The lowest BCUT2D eigenvalue weighted by atomic mass is 9.94. The van der Waals surface area contributed by atoms with E-state index in [9.17, 15) is 5.11 Å². The molecule has 4 heteroatoms. The van der Waals surface area contributed by atoms with Gasteiger partial charge in [0.1, 0.15) is 5.75 Å². The predicted octanol–water partition coefficient (Wildman–Crippen LogP) is 2.81. The van der Waals surface area contributed by atoms with Gasteiger partial charge in [0.2, 0.25) is 0 Å². The van der Waals surface area contributed by atoms with Crippen LogP contribution in [0, 0.1) is 0 Å². The Labute approximate surface area is 110 Å². The normalized spacial score (nSPS) is 28.5. The quantitative estimate of drug-likeness (QED) is 0.902. The summed E-state index contributed by atoms with van der Waals surface area (Å²) < 4.78 is 6.32. The Kier molecular flexibility index (Phi) is 3.76. The van der Waals surface area contributed by atoms with Gasteiger partial charge in [-0.05, 0) is 53.9 Å². The lowest BCUT2D eigenvalue weighted by Gasteiger charge is -2.29. The molecule has 1 fully saturated rings. The van der Waals surface area contributed by atoms with Gasteiger partial charge in [-0.2, -0.15) is 0 Å². The molecule has 0 amide bonds. The minimum absolute atomic E-state index is 0.0460. The highest BCUT2D eigenvalue weighted by atomic mass is 79.9. The van der Waals surface area contributed by atoms with Gasteiger partial charge in [-0.15, -0.1) is 0 Å². The summed E-state index contributed by atoms with van der Waals surface area (Å²) in [4.78, 5) is 0. The monoisotopic (exact) mass is 299 g/mol. The summed E-state index contributed by atoms with van der Waals surface area (Å²) in [5.74, 6) is 0.275. The van der Waals surface area contributed by atoms with Gasteiger partial charge in [0.15, 0.2) is 0 Å². The summed E-state index contributed by atoms with van der Waals surface area (Å²) in [5.41, 5.74) is 1.19. The van der Waals surface area contributed by atoms with Crippen LogP contribution >= 0.6 is 15.9 Å². The van der Waals surface area contributed by atoms with E-state index in [1.54, 1.807) is 6.07 Å². The molecule has 0 bridgehead atoms. The van der Waals surface area contributed by atoms with Gasteiger partial charge in [-0.3, -0.25) is 0 Å². The smallest absolute Gasteiger partial charge is 0.129 e. The molecule has 0 aliphatic carbocycles. The van der Waals surface area contributed by atoms with E-state index < -0.39 is 0 Å². The largest absolute Gasteiger partial charge is 0.507 e. The minimum Gasteiger partial charge on any atom is -0.507 e. The number of hydrogen-bond acceptors (Lipinski definition) is 3. The Morgan fingerprint density at radius 1 is 1.59 bits per heavy atom. The van der Waals surface area contributed by atoms with Gasteiger partial charge >= 0.3 is 0 Å². The Morgan fingerprint density at radius 2 is 2.35 bits per heavy atom. The van der Waals surface area contributed by atoms with Gasteiger partial charge in [-0.1, -0.05) is 6.07 Å². The van der Waals surface area contributed by atoms with Gasteiger partial charge in [0.05, 0.1) is 10.6 Å². The molecule has 0 radical (unpaired) electrons. The van der Waals surface area contributed by atoms with Gasteiger partial charge in [-0.25, -0.2) is 0 Å². The van der Waals surface area contributed by atoms with E-state index in [0.29, 0.717) is 0 Å². The number of nitrogens with one attached hydrogen (secondary N) is 1. The summed E-state index contributed by atoms with van der Waals surface area (Å²) in [6.45, 7) is 5.90. The number of phenols is 1. The second-order valence-electron chi connectivity index (χ2n) is 4.82. The summed E-state index contributed by atoms with van der Waals surface area (Å²) in [5, 5.41) is 13.0. The first kappa shape index (κ1) is 12.9. The van der Waals surface area contributed by atoms with E-state index in [4.69, 9.17) is 4.74 Å². The summed E-state index contributed by atoms with van der Waals surface area (Å²) in [7, 11) is 0. The Bertz CT molecular complexity index is 410. The lowest BCUT2D eigenvalue weighted by molar-refractivity contribution is 0.0881. The molecule has 1 saturated heterocycles. The maximum absolute atomic E-state index is 9.43. The average molecular weight is 300 g/mol. The van der Waals surface area contributed by atoms with E-state index in [2.05, 4.69) is 35.1 Å². The first-order valence-corrected chi connectivity index (χ1v) is 6.64. The molecule has 2 rings (SSSR count). The third-order valence-corrected chi connectivity index (χ3v) is 4.23. The lowest BCUT2D eigenvalue weighted by Crippen LogP contribution is -2.47. The maximum Gasteiger partial charge on any atom is 0.129 e. The van der Waals surface area contributed by atoms with Gasteiger partial charge < -0.3 is 15.2 Å². The first-order valence-electron chi connectivity index (χ1n) is 5.85. The van der Waals surface area contributed by atoms with Crippen molar-refractivity contribution < 1.29 is 9.84 Å². The standard InChI is InChI=1S/C13H18BrNO2/c1-9-13(2,5-6-17-9)15-8-10-3-4-12(16)11(14)7-10/h3-4,7,9,15-16H,5-6,8H2,1-2H3. The van der Waals surface area contributed by atoms with E-state index in [1.807, 2.05) is 12.1 Å². The highest BCUT2D eigenvalue weighted by molar-refractivity contribution is 9.10. The van der Waals surface area contributed by atoms with Crippen LogP contribution < -0.4 is 5.32 Å². The molecule has 3 nitrogen and oxygen atoms in total. The van der Waals surface area contributed by atoms with Crippen LogP contribution in [0.2, 0.25) is 0 Å². The van der Waals surface area contributed by atoms with Crippen LogP contribution in [0.5, 0.6) is 5.75 Å². The Hall–Kier alpha value is -0.580. The van der Waals surface area contributed by atoms with Crippen molar-refractivity contribution in [2.75, 3.05) is 6.61 Å². The van der Waals surface area contributed by atoms with Crippen LogP contribution in [0.25, 0.3) is 0 Å². The fourth-order valence-electron chi connectivity index (χ4n) is 2.03. The van der Waals surface area contributed by atoms with E-state index in [-0.39, 0.29) is 17.4 Å². The zero-order valence-corrected chi connectivity index (χ0v) is 11.8. The highest BCUT2D eigenvalue weighted by Gasteiger charge is 2.36. The Morgan fingerprint density at radius 3 is 2.94 bits per heavy atom. The van der Waals surface area contributed by atoms with Crippen LogP contribution in [0.3, 0.4) is 0 Å². The number of benzene rings is 1. The molecule has 17 heavy (non-hydrogen) atoms. The van der Waals surface area contributed by atoms with Gasteiger partial charge in [0, 0.05) is 18.7 Å². The number of halogens is 1. The second kappa shape index (κ2) is 4.96. The molecule has 94 valence electrons. The van der Waals surface area contributed by atoms with Crippen molar-refractivity contribution in [1.29, 1.82) is 0 Å². The molecule has 0 spiro atoms. The van der Waals surface area contributed by atoms with Crippen molar-refractivity contribution in [3.63, 3.8) is 0 Å². The summed E-state index contributed by atoms with van der Waals surface area (Å²) in [6, 6.07) is 5.57. The third kappa shape index (κ3) is 2.81.